The van der Waals surface area contributed by atoms with Gasteiger partial charge in [-0.2, -0.15) is 0 Å². The minimum Gasteiger partial charge on any atom is -0.385 e. The smallest absolute Gasteiger partial charge is 0.259 e. The van der Waals surface area contributed by atoms with Crippen molar-refractivity contribution in [2.45, 2.75) is 12.3 Å². The van der Waals surface area contributed by atoms with E-state index in [1.807, 2.05) is 12.1 Å². The van der Waals surface area contributed by atoms with Crippen molar-refractivity contribution in [1.82, 2.24) is 10.3 Å². The highest BCUT2D eigenvalue weighted by atomic mass is 35.5. The van der Waals surface area contributed by atoms with E-state index in [-0.39, 0.29) is 11.8 Å². The van der Waals surface area contributed by atoms with Crippen LogP contribution < -0.4 is 10.2 Å². The van der Waals surface area contributed by atoms with E-state index >= 15 is 0 Å². The van der Waals surface area contributed by atoms with Crippen LogP contribution >= 0.6 is 11.6 Å². The standard InChI is InChI=1S/C21H20ClN3O3/c1-28-10-4-9-25-12-15(14-11-23-8-7-17(14)25)19-18(20(26)24-21(19)27)13-5-2-3-6-16(13)22/h2-3,5-8,11,15H,4,9-10,12H2,1H3,(H,24,26,27). The number of imide groups is 1. The molecule has 1 N–H and O–H groups in total. The molecule has 1 unspecified atom stereocenters. The number of anilines is 1. The summed E-state index contributed by atoms with van der Waals surface area (Å²) in [5.74, 6) is -1.01. The number of hydrogen-bond acceptors (Lipinski definition) is 5. The number of amides is 2. The van der Waals surface area contributed by atoms with E-state index in [1.165, 1.54) is 0 Å². The second kappa shape index (κ2) is 7.73. The number of carbonyl (C=O) groups excluding carboxylic acids is 2. The maximum absolute atomic E-state index is 12.8. The first-order chi connectivity index (χ1) is 13.6. The van der Waals surface area contributed by atoms with Crippen LogP contribution in [0.3, 0.4) is 0 Å². The third kappa shape index (κ3) is 3.19. The first-order valence-electron chi connectivity index (χ1n) is 9.14. The van der Waals surface area contributed by atoms with Gasteiger partial charge >= 0.3 is 0 Å². The molecule has 0 saturated heterocycles. The minimum absolute atomic E-state index is 0.246. The van der Waals surface area contributed by atoms with Crippen molar-refractivity contribution in [2.24, 2.45) is 0 Å². The normalized spacial score (nSPS) is 18.6. The summed E-state index contributed by atoms with van der Waals surface area (Å²) < 4.78 is 5.16. The number of nitrogens with zero attached hydrogens (tertiary/aromatic N) is 2. The highest BCUT2D eigenvalue weighted by Crippen LogP contribution is 2.44. The zero-order valence-electron chi connectivity index (χ0n) is 15.4. The predicted molar refractivity (Wildman–Crippen MR) is 107 cm³/mol. The maximum atomic E-state index is 12.8. The summed E-state index contributed by atoms with van der Waals surface area (Å²) >= 11 is 6.34. The van der Waals surface area contributed by atoms with E-state index in [1.54, 1.807) is 37.7 Å². The first-order valence-corrected chi connectivity index (χ1v) is 9.52. The average molecular weight is 398 g/mol. The van der Waals surface area contributed by atoms with E-state index in [0.29, 0.717) is 34.9 Å². The van der Waals surface area contributed by atoms with Crippen molar-refractivity contribution in [3.63, 3.8) is 0 Å². The molecule has 7 heteroatoms. The Kier molecular flexibility index (Phi) is 5.15. The number of rotatable bonds is 6. The lowest BCUT2D eigenvalue weighted by Gasteiger charge is -2.20. The number of methoxy groups -OCH3 is 1. The van der Waals surface area contributed by atoms with E-state index in [0.717, 1.165) is 24.2 Å². The molecular formula is C21H20ClN3O3. The van der Waals surface area contributed by atoms with Crippen molar-refractivity contribution in [2.75, 3.05) is 31.7 Å². The Morgan fingerprint density at radius 2 is 2.07 bits per heavy atom. The molecule has 144 valence electrons. The predicted octanol–water partition coefficient (Wildman–Crippen LogP) is 2.79. The van der Waals surface area contributed by atoms with Crippen LogP contribution in [0.4, 0.5) is 5.69 Å². The van der Waals surface area contributed by atoms with Crippen molar-refractivity contribution >= 4 is 34.7 Å². The van der Waals surface area contributed by atoms with E-state index in [2.05, 4.69) is 15.2 Å². The zero-order chi connectivity index (χ0) is 19.7. The average Bonchev–Trinajstić information content (AvgIpc) is 3.19. The second-order valence-electron chi connectivity index (χ2n) is 6.83. The maximum Gasteiger partial charge on any atom is 0.259 e. The molecule has 6 nitrogen and oxygen atoms in total. The molecule has 0 bridgehead atoms. The highest BCUT2D eigenvalue weighted by Gasteiger charge is 2.41. The van der Waals surface area contributed by atoms with Gasteiger partial charge in [-0.1, -0.05) is 29.8 Å². The molecule has 0 radical (unpaired) electrons. The number of hydrogen-bond donors (Lipinski definition) is 1. The number of halogens is 1. The summed E-state index contributed by atoms with van der Waals surface area (Å²) in [6.45, 7) is 2.06. The van der Waals surface area contributed by atoms with Crippen molar-refractivity contribution in [3.05, 3.63) is 64.4 Å². The van der Waals surface area contributed by atoms with Gasteiger partial charge in [0.25, 0.3) is 11.8 Å². The van der Waals surface area contributed by atoms with Crippen LogP contribution in [0, 0.1) is 0 Å². The summed E-state index contributed by atoms with van der Waals surface area (Å²) in [6.07, 6.45) is 4.39. The summed E-state index contributed by atoms with van der Waals surface area (Å²) in [6, 6.07) is 9.05. The molecule has 1 aromatic heterocycles. The second-order valence-corrected chi connectivity index (χ2v) is 7.24. The SMILES string of the molecule is COCCCN1CC(C2=C(c3ccccc3Cl)C(=O)NC2=O)c2cnccc21. The molecule has 0 aliphatic carbocycles. The van der Waals surface area contributed by atoms with Gasteiger partial charge in [0.05, 0.1) is 5.57 Å². The van der Waals surface area contributed by atoms with E-state index in [9.17, 15) is 9.59 Å². The molecule has 0 spiro atoms. The van der Waals surface area contributed by atoms with Crippen LogP contribution in [0.1, 0.15) is 23.5 Å². The van der Waals surface area contributed by atoms with Crippen molar-refractivity contribution < 1.29 is 14.3 Å². The quantitative estimate of drug-likeness (QED) is 0.599. The topological polar surface area (TPSA) is 71.5 Å². The summed E-state index contributed by atoms with van der Waals surface area (Å²) in [5.41, 5.74) is 3.38. The highest BCUT2D eigenvalue weighted by molar-refractivity contribution is 6.40. The lowest BCUT2D eigenvalue weighted by molar-refractivity contribution is -0.123. The van der Waals surface area contributed by atoms with Gasteiger partial charge in [-0.05, 0) is 18.6 Å². The number of benzene rings is 1. The molecule has 2 aliphatic rings. The lowest BCUT2D eigenvalue weighted by atomic mass is 9.88. The largest absolute Gasteiger partial charge is 0.385 e. The van der Waals surface area contributed by atoms with Gasteiger partial charge in [0, 0.05) is 72.5 Å². The van der Waals surface area contributed by atoms with Gasteiger partial charge < -0.3 is 9.64 Å². The third-order valence-corrected chi connectivity index (χ3v) is 5.51. The van der Waals surface area contributed by atoms with Crippen LogP contribution in [0.5, 0.6) is 0 Å². The Morgan fingerprint density at radius 1 is 1.25 bits per heavy atom. The molecule has 1 atom stereocenters. The molecule has 28 heavy (non-hydrogen) atoms. The van der Waals surface area contributed by atoms with Gasteiger partial charge in [-0.3, -0.25) is 19.9 Å². The molecule has 2 aliphatic heterocycles. The lowest BCUT2D eigenvalue weighted by Crippen LogP contribution is -2.27. The van der Waals surface area contributed by atoms with Gasteiger partial charge in [-0.25, -0.2) is 0 Å². The Bertz CT molecular complexity index is 973. The Labute approximate surface area is 168 Å². The number of fused-ring (bicyclic) bond motifs is 1. The van der Waals surface area contributed by atoms with Crippen LogP contribution in [-0.2, 0) is 14.3 Å². The molecule has 2 amide bonds. The molecule has 0 saturated carbocycles. The van der Waals surface area contributed by atoms with Gasteiger partial charge in [-0.15, -0.1) is 0 Å². The van der Waals surface area contributed by atoms with Gasteiger partial charge in [0.15, 0.2) is 0 Å². The number of ether oxygens (including phenoxy) is 1. The Hall–Kier alpha value is -2.70. The van der Waals surface area contributed by atoms with Crippen LogP contribution in [0.25, 0.3) is 5.57 Å². The third-order valence-electron chi connectivity index (χ3n) is 5.18. The van der Waals surface area contributed by atoms with Crippen LogP contribution in [0.15, 0.2) is 48.3 Å². The van der Waals surface area contributed by atoms with E-state index in [4.69, 9.17) is 16.3 Å². The van der Waals surface area contributed by atoms with Gasteiger partial charge in [0.1, 0.15) is 0 Å². The molecule has 0 fully saturated rings. The summed E-state index contributed by atoms with van der Waals surface area (Å²) in [7, 11) is 1.68. The number of carbonyl (C=O) groups is 2. The molecule has 1 aromatic carbocycles. The fourth-order valence-corrected chi connectivity index (χ4v) is 4.19. The first kappa shape index (κ1) is 18.7. The number of aromatic nitrogens is 1. The number of nitrogens with one attached hydrogen (secondary N) is 1. The minimum atomic E-state index is -0.406. The number of pyridine rings is 1. The van der Waals surface area contributed by atoms with Crippen LogP contribution in [-0.4, -0.2) is 43.6 Å². The molecular weight excluding hydrogens is 378 g/mol. The molecule has 3 heterocycles. The fourth-order valence-electron chi connectivity index (χ4n) is 3.96. The molecule has 4 rings (SSSR count). The van der Waals surface area contributed by atoms with Crippen molar-refractivity contribution in [3.8, 4) is 0 Å². The fraction of sp³-hybridized carbons (Fsp3) is 0.286. The summed E-state index contributed by atoms with van der Waals surface area (Å²) in [5, 5.41) is 2.89. The Morgan fingerprint density at radius 3 is 2.86 bits per heavy atom. The Balaban J connectivity index is 1.79. The van der Waals surface area contributed by atoms with Gasteiger partial charge in [0.2, 0.25) is 0 Å². The van der Waals surface area contributed by atoms with E-state index < -0.39 is 5.91 Å². The molecule has 2 aromatic rings. The van der Waals surface area contributed by atoms with Crippen LogP contribution in [0.2, 0.25) is 5.02 Å². The van der Waals surface area contributed by atoms with Crippen molar-refractivity contribution in [1.29, 1.82) is 0 Å². The zero-order valence-corrected chi connectivity index (χ0v) is 16.2. The summed E-state index contributed by atoms with van der Waals surface area (Å²) in [4.78, 5) is 31.8. The monoisotopic (exact) mass is 397 g/mol.